The van der Waals surface area contributed by atoms with Crippen LogP contribution in [0.15, 0.2) is 41.0 Å². The van der Waals surface area contributed by atoms with E-state index < -0.39 is 9.84 Å². The maximum atomic E-state index is 12.7. The highest BCUT2D eigenvalue weighted by molar-refractivity contribution is 8.00. The van der Waals surface area contributed by atoms with Gasteiger partial charge in [-0.2, -0.15) is 0 Å². The van der Waals surface area contributed by atoms with Crippen LogP contribution in [0.2, 0.25) is 0 Å². The Morgan fingerprint density at radius 1 is 1.28 bits per heavy atom. The Kier molecular flexibility index (Phi) is 5.63. The van der Waals surface area contributed by atoms with E-state index in [0.29, 0.717) is 6.42 Å². The number of hydrogen-bond acceptors (Lipinski definition) is 7. The van der Waals surface area contributed by atoms with Crippen LogP contribution in [0, 0.1) is 6.92 Å². The second-order valence-electron chi connectivity index (χ2n) is 7.22. The van der Waals surface area contributed by atoms with E-state index in [-0.39, 0.29) is 29.2 Å². The number of sulfone groups is 1. The quantitative estimate of drug-likeness (QED) is 0.440. The maximum absolute atomic E-state index is 12.7. The number of amides is 1. The van der Waals surface area contributed by atoms with Gasteiger partial charge in [-0.1, -0.05) is 41.6 Å². The summed E-state index contributed by atoms with van der Waals surface area (Å²) in [5.41, 5.74) is 3.36. The molecule has 6 nitrogen and oxygen atoms in total. The minimum atomic E-state index is -3.02. The van der Waals surface area contributed by atoms with Crippen LogP contribution < -0.4 is 0 Å². The van der Waals surface area contributed by atoms with Crippen molar-refractivity contribution in [2.45, 2.75) is 24.4 Å². The van der Waals surface area contributed by atoms with Gasteiger partial charge in [-0.15, -0.1) is 11.3 Å². The molecular formula is C20H21N3O3S3. The minimum absolute atomic E-state index is 0.0553. The van der Waals surface area contributed by atoms with E-state index in [1.54, 1.807) is 23.3 Å². The molecule has 1 aromatic carbocycles. The summed E-state index contributed by atoms with van der Waals surface area (Å²) >= 11 is 2.94. The lowest BCUT2D eigenvalue weighted by atomic mass is 10.1. The van der Waals surface area contributed by atoms with Crippen molar-refractivity contribution in [2.24, 2.45) is 0 Å². The summed E-state index contributed by atoms with van der Waals surface area (Å²) in [6.45, 7) is 2.05. The Labute approximate surface area is 178 Å². The summed E-state index contributed by atoms with van der Waals surface area (Å²) in [7, 11) is -1.33. The van der Waals surface area contributed by atoms with E-state index in [9.17, 15) is 13.2 Å². The molecule has 1 aliphatic heterocycles. The fourth-order valence-electron chi connectivity index (χ4n) is 3.42. The molecule has 0 radical (unpaired) electrons. The van der Waals surface area contributed by atoms with Gasteiger partial charge in [-0.25, -0.2) is 18.4 Å². The number of rotatable bonds is 5. The normalized spacial score (nSPS) is 18.2. The van der Waals surface area contributed by atoms with E-state index in [1.165, 1.54) is 23.7 Å². The van der Waals surface area contributed by atoms with Crippen LogP contribution in [0.5, 0.6) is 0 Å². The monoisotopic (exact) mass is 447 g/mol. The van der Waals surface area contributed by atoms with E-state index in [4.69, 9.17) is 0 Å². The third kappa shape index (κ3) is 4.31. The van der Waals surface area contributed by atoms with Crippen LogP contribution in [-0.2, 0) is 14.6 Å². The first-order valence-corrected chi connectivity index (χ1v) is 12.9. The zero-order chi connectivity index (χ0) is 20.6. The molecular weight excluding hydrogens is 426 g/mol. The summed E-state index contributed by atoms with van der Waals surface area (Å²) in [6.07, 6.45) is 2.03. The number of carbonyl (C=O) groups is 1. The summed E-state index contributed by atoms with van der Waals surface area (Å²) in [5, 5.41) is 3.81. The molecule has 9 heteroatoms. The molecule has 0 N–H and O–H groups in total. The van der Waals surface area contributed by atoms with Crippen LogP contribution in [0.4, 0.5) is 0 Å². The highest BCUT2D eigenvalue weighted by Crippen LogP contribution is 2.38. The summed E-state index contributed by atoms with van der Waals surface area (Å²) < 4.78 is 23.4. The Morgan fingerprint density at radius 2 is 2.03 bits per heavy atom. The van der Waals surface area contributed by atoms with Gasteiger partial charge in [0.05, 0.1) is 22.6 Å². The molecule has 0 bridgehead atoms. The lowest BCUT2D eigenvalue weighted by Gasteiger charge is -2.23. The van der Waals surface area contributed by atoms with E-state index >= 15 is 0 Å². The van der Waals surface area contributed by atoms with Gasteiger partial charge in [0.25, 0.3) is 0 Å². The molecule has 3 aromatic rings. The molecule has 2 aromatic heterocycles. The van der Waals surface area contributed by atoms with E-state index in [0.717, 1.165) is 26.4 Å². The largest absolute Gasteiger partial charge is 0.341 e. The number of nitrogens with zero attached hydrogens (tertiary/aromatic N) is 3. The molecule has 1 unspecified atom stereocenters. The zero-order valence-corrected chi connectivity index (χ0v) is 18.6. The van der Waals surface area contributed by atoms with E-state index in [1.807, 2.05) is 0 Å². The number of aromatic nitrogens is 2. The molecule has 0 saturated carbocycles. The van der Waals surface area contributed by atoms with Crippen LogP contribution in [0.1, 0.15) is 12.0 Å². The molecule has 1 fully saturated rings. The van der Waals surface area contributed by atoms with Gasteiger partial charge in [-0.05, 0) is 18.9 Å². The topological polar surface area (TPSA) is 80.2 Å². The van der Waals surface area contributed by atoms with E-state index in [2.05, 4.69) is 46.5 Å². The molecule has 4 rings (SSSR count). The highest BCUT2D eigenvalue weighted by Gasteiger charge is 2.32. The van der Waals surface area contributed by atoms with Gasteiger partial charge in [-0.3, -0.25) is 4.79 Å². The fraction of sp³-hybridized carbons (Fsp3) is 0.350. The first-order valence-electron chi connectivity index (χ1n) is 9.22. The van der Waals surface area contributed by atoms with Crippen molar-refractivity contribution >= 4 is 49.1 Å². The van der Waals surface area contributed by atoms with Gasteiger partial charge in [0.1, 0.15) is 16.2 Å². The third-order valence-corrected chi connectivity index (χ3v) is 8.79. The van der Waals surface area contributed by atoms with Gasteiger partial charge < -0.3 is 4.90 Å². The first-order chi connectivity index (χ1) is 13.8. The van der Waals surface area contributed by atoms with Crippen molar-refractivity contribution in [3.05, 3.63) is 41.5 Å². The SMILES string of the molecule is Cc1ccc(-c2csc3ncnc(SCC(=O)N(C)C4CCS(=O)(=O)C4)c23)cc1. The van der Waals surface area contributed by atoms with Crippen molar-refractivity contribution < 1.29 is 13.2 Å². The summed E-state index contributed by atoms with van der Waals surface area (Å²) in [4.78, 5) is 23.9. The number of benzene rings is 1. The second-order valence-corrected chi connectivity index (χ2v) is 11.3. The van der Waals surface area contributed by atoms with Crippen LogP contribution in [0.25, 0.3) is 21.3 Å². The predicted octanol–water partition coefficient (Wildman–Crippen LogP) is 3.40. The predicted molar refractivity (Wildman–Crippen MR) is 118 cm³/mol. The van der Waals surface area contributed by atoms with Crippen molar-refractivity contribution in [2.75, 3.05) is 24.3 Å². The Balaban J connectivity index is 1.54. The Bertz CT molecular complexity index is 1160. The second kappa shape index (κ2) is 8.04. The van der Waals surface area contributed by atoms with Gasteiger partial charge >= 0.3 is 0 Å². The molecule has 0 aliphatic carbocycles. The molecule has 0 spiro atoms. The number of fused-ring (bicyclic) bond motifs is 1. The number of hydrogen-bond donors (Lipinski definition) is 0. The van der Waals surface area contributed by atoms with Gasteiger partial charge in [0.15, 0.2) is 9.84 Å². The number of thiophene rings is 1. The molecule has 1 aliphatic rings. The van der Waals surface area contributed by atoms with Crippen molar-refractivity contribution in [1.29, 1.82) is 0 Å². The lowest BCUT2D eigenvalue weighted by Crippen LogP contribution is -2.38. The standard InChI is InChI=1S/C20H21N3O3S3/c1-13-3-5-14(6-4-13)16-9-27-19-18(16)20(22-12-21-19)28-10-17(24)23(2)15-7-8-29(25,26)11-15/h3-6,9,12,15H,7-8,10-11H2,1-2H3. The van der Waals surface area contributed by atoms with Crippen LogP contribution in [0.3, 0.4) is 0 Å². The Morgan fingerprint density at radius 3 is 2.72 bits per heavy atom. The fourth-order valence-corrected chi connectivity index (χ4v) is 7.11. The highest BCUT2D eigenvalue weighted by atomic mass is 32.2. The molecule has 29 heavy (non-hydrogen) atoms. The molecule has 1 saturated heterocycles. The first kappa shape index (κ1) is 20.3. The van der Waals surface area contributed by atoms with Crippen LogP contribution in [-0.4, -0.2) is 59.5 Å². The minimum Gasteiger partial charge on any atom is -0.341 e. The summed E-state index contributed by atoms with van der Waals surface area (Å²) in [6, 6.07) is 8.07. The van der Waals surface area contributed by atoms with Crippen molar-refractivity contribution in [1.82, 2.24) is 14.9 Å². The smallest absolute Gasteiger partial charge is 0.233 e. The summed E-state index contributed by atoms with van der Waals surface area (Å²) in [5.74, 6) is 0.335. The maximum Gasteiger partial charge on any atom is 0.233 e. The lowest BCUT2D eigenvalue weighted by molar-refractivity contribution is -0.128. The number of carbonyl (C=O) groups excluding carboxylic acids is 1. The average Bonchev–Trinajstić information content (AvgIpc) is 3.29. The molecule has 1 amide bonds. The molecule has 3 heterocycles. The van der Waals surface area contributed by atoms with Gasteiger partial charge in [0.2, 0.25) is 5.91 Å². The molecule has 1 atom stereocenters. The number of aryl methyl sites for hydroxylation is 1. The molecule has 152 valence electrons. The number of thioether (sulfide) groups is 1. The third-order valence-electron chi connectivity index (χ3n) is 5.18. The Hall–Kier alpha value is -1.97. The zero-order valence-electron chi connectivity index (χ0n) is 16.2. The van der Waals surface area contributed by atoms with Gasteiger partial charge in [0, 0.05) is 24.0 Å². The van der Waals surface area contributed by atoms with Crippen LogP contribution >= 0.6 is 23.1 Å². The average molecular weight is 448 g/mol. The van der Waals surface area contributed by atoms with Crippen molar-refractivity contribution in [3.63, 3.8) is 0 Å². The van der Waals surface area contributed by atoms with Crippen molar-refractivity contribution in [3.8, 4) is 11.1 Å².